The molecule has 21 heavy (non-hydrogen) atoms. The Hall–Kier alpha value is -2.34. The van der Waals surface area contributed by atoms with E-state index in [1.54, 1.807) is 19.3 Å². The van der Waals surface area contributed by atoms with Crippen LogP contribution in [0.2, 0.25) is 0 Å². The lowest BCUT2D eigenvalue weighted by molar-refractivity contribution is -0.158. The van der Waals surface area contributed by atoms with E-state index >= 15 is 0 Å². The number of amides is 1. The molecule has 1 heterocycles. The quantitative estimate of drug-likeness (QED) is 0.838. The summed E-state index contributed by atoms with van der Waals surface area (Å²) in [6.07, 6.45) is 2.12. The molecule has 1 atom stereocenters. The third-order valence-corrected chi connectivity index (χ3v) is 3.20. The van der Waals surface area contributed by atoms with Crippen molar-refractivity contribution in [3.63, 3.8) is 0 Å². The van der Waals surface area contributed by atoms with Gasteiger partial charge in [-0.25, -0.2) is 4.79 Å². The van der Waals surface area contributed by atoms with Crippen molar-refractivity contribution < 1.29 is 24.2 Å². The predicted octanol–water partition coefficient (Wildman–Crippen LogP) is 1.02. The molecule has 0 bridgehead atoms. The van der Waals surface area contributed by atoms with Crippen LogP contribution in [0, 0.1) is 0 Å². The van der Waals surface area contributed by atoms with Crippen molar-refractivity contribution >= 4 is 18.0 Å². The Bertz CT molecular complexity index is 555. The highest BCUT2D eigenvalue weighted by Gasteiger charge is 2.27. The number of aliphatic carboxylic acids is 1. The Kier molecular flexibility index (Phi) is 4.94. The van der Waals surface area contributed by atoms with Crippen molar-refractivity contribution in [1.29, 1.82) is 0 Å². The van der Waals surface area contributed by atoms with Crippen molar-refractivity contribution in [2.75, 3.05) is 26.8 Å². The van der Waals surface area contributed by atoms with Crippen molar-refractivity contribution in [2.45, 2.75) is 6.10 Å². The largest absolute Gasteiger partial charge is 0.496 e. The van der Waals surface area contributed by atoms with E-state index in [4.69, 9.17) is 14.6 Å². The fraction of sp³-hybridized carbons (Fsp3) is 0.333. The minimum absolute atomic E-state index is 0.0600. The molecule has 0 radical (unpaired) electrons. The zero-order chi connectivity index (χ0) is 15.2. The van der Waals surface area contributed by atoms with Crippen LogP contribution in [0.3, 0.4) is 0 Å². The number of carboxylic acid groups (broad SMARTS) is 1. The lowest BCUT2D eigenvalue weighted by atomic mass is 10.2. The molecule has 1 aromatic rings. The summed E-state index contributed by atoms with van der Waals surface area (Å²) in [4.78, 5) is 24.4. The number of methoxy groups -OCH3 is 1. The second-order valence-electron chi connectivity index (χ2n) is 4.56. The van der Waals surface area contributed by atoms with Crippen LogP contribution >= 0.6 is 0 Å². The number of carboxylic acids is 1. The Morgan fingerprint density at radius 2 is 2.19 bits per heavy atom. The van der Waals surface area contributed by atoms with Gasteiger partial charge in [0, 0.05) is 18.2 Å². The van der Waals surface area contributed by atoms with Gasteiger partial charge >= 0.3 is 5.97 Å². The highest BCUT2D eigenvalue weighted by Crippen LogP contribution is 2.18. The molecular formula is C15H17NO5. The summed E-state index contributed by atoms with van der Waals surface area (Å²) in [5, 5.41) is 8.92. The molecular weight excluding hydrogens is 274 g/mol. The average Bonchev–Trinajstić information content (AvgIpc) is 2.52. The Morgan fingerprint density at radius 3 is 2.90 bits per heavy atom. The number of hydrogen-bond donors (Lipinski definition) is 1. The highest BCUT2D eigenvalue weighted by molar-refractivity contribution is 5.92. The predicted molar refractivity (Wildman–Crippen MR) is 76.0 cm³/mol. The zero-order valence-electron chi connectivity index (χ0n) is 11.7. The maximum absolute atomic E-state index is 12.1. The number of morpholine rings is 1. The Labute approximate surface area is 122 Å². The second-order valence-corrected chi connectivity index (χ2v) is 4.56. The zero-order valence-corrected chi connectivity index (χ0v) is 11.7. The molecule has 0 aromatic heterocycles. The summed E-state index contributed by atoms with van der Waals surface area (Å²) < 4.78 is 10.3. The standard InChI is InChI=1S/C15H17NO5/c1-20-12-5-3-2-4-11(12)6-7-14(17)16-8-9-21-13(10-16)15(18)19/h2-7,13H,8-10H2,1H3,(H,18,19)/b7-6-/t13-/m0/s1. The van der Waals surface area contributed by atoms with Gasteiger partial charge in [0.05, 0.1) is 20.3 Å². The SMILES string of the molecule is COc1ccccc1/C=C\C(=O)N1CCO[C@H](C(=O)O)C1. The minimum Gasteiger partial charge on any atom is -0.496 e. The van der Waals surface area contributed by atoms with Crippen LogP contribution in [0.4, 0.5) is 0 Å². The third-order valence-electron chi connectivity index (χ3n) is 3.20. The lowest BCUT2D eigenvalue weighted by Gasteiger charge is -2.30. The molecule has 112 valence electrons. The normalized spacial score (nSPS) is 18.7. The molecule has 1 fully saturated rings. The molecule has 0 unspecified atom stereocenters. The van der Waals surface area contributed by atoms with Crippen LogP contribution in [0.5, 0.6) is 5.75 Å². The number of ether oxygens (including phenoxy) is 2. The van der Waals surface area contributed by atoms with Gasteiger partial charge in [0.15, 0.2) is 6.10 Å². The number of nitrogens with zero attached hydrogens (tertiary/aromatic N) is 1. The van der Waals surface area contributed by atoms with Gasteiger partial charge in [-0.3, -0.25) is 4.79 Å². The molecule has 2 rings (SSSR count). The fourth-order valence-corrected chi connectivity index (χ4v) is 2.07. The maximum Gasteiger partial charge on any atom is 0.334 e. The van der Waals surface area contributed by atoms with Crippen LogP contribution < -0.4 is 4.74 Å². The van der Waals surface area contributed by atoms with E-state index in [2.05, 4.69) is 0 Å². The second kappa shape index (κ2) is 6.90. The van der Waals surface area contributed by atoms with Crippen LogP contribution in [-0.2, 0) is 14.3 Å². The molecule has 1 aliphatic rings. The summed E-state index contributed by atoms with van der Waals surface area (Å²) in [6.45, 7) is 0.675. The van der Waals surface area contributed by atoms with Crippen molar-refractivity contribution in [1.82, 2.24) is 4.90 Å². The van der Waals surface area contributed by atoms with Gasteiger partial charge in [-0.05, 0) is 12.1 Å². The van der Waals surface area contributed by atoms with E-state index in [-0.39, 0.29) is 19.1 Å². The van der Waals surface area contributed by atoms with Gasteiger partial charge in [0.1, 0.15) is 5.75 Å². The summed E-state index contributed by atoms with van der Waals surface area (Å²) in [5.74, 6) is -0.622. The molecule has 1 N–H and O–H groups in total. The van der Waals surface area contributed by atoms with Crippen LogP contribution in [0.1, 0.15) is 5.56 Å². The van der Waals surface area contributed by atoms with E-state index in [1.807, 2.05) is 18.2 Å². The van der Waals surface area contributed by atoms with Gasteiger partial charge in [0.25, 0.3) is 0 Å². The van der Waals surface area contributed by atoms with Crippen LogP contribution in [0.25, 0.3) is 6.08 Å². The number of hydrogen-bond acceptors (Lipinski definition) is 4. The van der Waals surface area contributed by atoms with Gasteiger partial charge in [-0.2, -0.15) is 0 Å². The van der Waals surface area contributed by atoms with Gasteiger partial charge in [0.2, 0.25) is 5.91 Å². The molecule has 0 saturated carbocycles. The fourth-order valence-electron chi connectivity index (χ4n) is 2.07. The smallest absolute Gasteiger partial charge is 0.334 e. The van der Waals surface area contributed by atoms with Crippen molar-refractivity contribution in [2.24, 2.45) is 0 Å². The van der Waals surface area contributed by atoms with Gasteiger partial charge < -0.3 is 19.5 Å². The molecule has 0 spiro atoms. The third kappa shape index (κ3) is 3.82. The molecule has 1 saturated heterocycles. The summed E-state index contributed by atoms with van der Waals surface area (Å²) >= 11 is 0. The van der Waals surface area contributed by atoms with Gasteiger partial charge in [-0.15, -0.1) is 0 Å². The summed E-state index contributed by atoms with van der Waals surface area (Å²) in [6, 6.07) is 7.33. The number of carbonyl (C=O) groups is 2. The Balaban J connectivity index is 2.03. The van der Waals surface area contributed by atoms with E-state index < -0.39 is 12.1 Å². The average molecular weight is 291 g/mol. The minimum atomic E-state index is -1.05. The van der Waals surface area contributed by atoms with Crippen LogP contribution in [-0.4, -0.2) is 54.8 Å². The topological polar surface area (TPSA) is 76.1 Å². The van der Waals surface area contributed by atoms with Crippen molar-refractivity contribution in [3.8, 4) is 5.75 Å². The number of benzene rings is 1. The number of para-hydroxylation sites is 1. The van der Waals surface area contributed by atoms with E-state index in [0.29, 0.717) is 12.3 Å². The first-order chi connectivity index (χ1) is 10.1. The molecule has 6 nitrogen and oxygen atoms in total. The number of rotatable bonds is 4. The summed E-state index contributed by atoms with van der Waals surface area (Å²) in [7, 11) is 1.56. The maximum atomic E-state index is 12.1. The van der Waals surface area contributed by atoms with E-state index in [9.17, 15) is 9.59 Å². The first-order valence-corrected chi connectivity index (χ1v) is 6.56. The molecule has 1 aliphatic heterocycles. The van der Waals surface area contributed by atoms with E-state index in [0.717, 1.165) is 5.56 Å². The van der Waals surface area contributed by atoms with E-state index in [1.165, 1.54) is 11.0 Å². The molecule has 1 aromatic carbocycles. The first-order valence-electron chi connectivity index (χ1n) is 6.56. The molecule has 1 amide bonds. The monoisotopic (exact) mass is 291 g/mol. The van der Waals surface area contributed by atoms with Crippen molar-refractivity contribution in [3.05, 3.63) is 35.9 Å². The number of carbonyl (C=O) groups excluding carboxylic acids is 1. The lowest BCUT2D eigenvalue weighted by Crippen LogP contribution is -2.48. The summed E-state index contributed by atoms with van der Waals surface area (Å²) in [5.41, 5.74) is 0.788. The van der Waals surface area contributed by atoms with Crippen LogP contribution in [0.15, 0.2) is 30.3 Å². The first kappa shape index (κ1) is 15.1. The van der Waals surface area contributed by atoms with Gasteiger partial charge in [-0.1, -0.05) is 18.2 Å². The molecule has 6 heteroatoms. The highest BCUT2D eigenvalue weighted by atomic mass is 16.5. The Morgan fingerprint density at radius 1 is 1.43 bits per heavy atom. The molecule has 0 aliphatic carbocycles.